The maximum absolute atomic E-state index is 14.3. The lowest BCUT2D eigenvalue weighted by molar-refractivity contribution is -0.143. The van der Waals surface area contributed by atoms with Crippen molar-refractivity contribution in [1.82, 2.24) is 57.7 Å². The summed E-state index contributed by atoms with van der Waals surface area (Å²) in [6.07, 6.45) is 3.21. The van der Waals surface area contributed by atoms with Crippen LogP contribution >= 0.6 is 25.3 Å². The topological polar surface area (TPSA) is 535 Å². The first-order chi connectivity index (χ1) is 42.7. The molecule has 23 N–H and O–H groups in total. The van der Waals surface area contributed by atoms with Crippen molar-refractivity contribution < 1.29 is 72.9 Å². The Bertz CT molecular complexity index is 2810. The maximum atomic E-state index is 14.3. The predicted octanol–water partition coefficient (Wildman–Crippen LogP) is -4.82. The van der Waals surface area contributed by atoms with Gasteiger partial charge in [0, 0.05) is 48.1 Å². The van der Waals surface area contributed by atoms with Crippen molar-refractivity contribution in [1.29, 1.82) is 0 Å². The number of aliphatic imine (C=N–C) groups is 1. The summed E-state index contributed by atoms with van der Waals surface area (Å²) in [5, 5.41) is 52.6. The van der Waals surface area contributed by atoms with E-state index < -0.39 is 150 Å². The van der Waals surface area contributed by atoms with Crippen LogP contribution < -0.4 is 76.5 Å². The zero-order valence-electron chi connectivity index (χ0n) is 50.9. The monoisotopic (exact) mass is 1310 g/mol. The number of nitrogens with zero attached hydrogens (tertiary/aromatic N) is 2. The zero-order valence-corrected chi connectivity index (χ0v) is 52.7. The Kier molecular flexibility index (Phi) is 33.4. The highest BCUT2D eigenvalue weighted by Crippen LogP contribution is 2.22. The number of aliphatic hydroxyl groups is 1. The number of aromatic amines is 1. The molecule has 0 bridgehead atoms. The number of nitrogens with two attached hydrogens (primary N) is 5. The first kappa shape index (κ1) is 76.5. The van der Waals surface area contributed by atoms with Crippen LogP contribution in [0.5, 0.6) is 0 Å². The molecular formula is C56H91N17O15S2. The highest BCUT2D eigenvalue weighted by atomic mass is 32.1. The molecule has 0 spiro atoms. The number of thiol groups is 2. The van der Waals surface area contributed by atoms with Gasteiger partial charge in [0.05, 0.1) is 19.1 Å². The molecule has 11 atom stereocenters. The number of hydrogen-bond donors (Lipinski definition) is 20. The number of amides is 10. The molecule has 2 heterocycles. The number of carboxylic acids is 2. The van der Waals surface area contributed by atoms with E-state index in [0.717, 1.165) is 10.9 Å². The minimum atomic E-state index is -1.83. The average Bonchev–Trinajstić information content (AvgIpc) is 1.89. The van der Waals surface area contributed by atoms with Gasteiger partial charge in [0.2, 0.25) is 59.1 Å². The molecular weight excluding hydrogens is 1210 g/mol. The number of carboxylic acid groups (broad SMARTS) is 2. The van der Waals surface area contributed by atoms with Crippen molar-refractivity contribution >= 4 is 113 Å². The van der Waals surface area contributed by atoms with E-state index in [1.54, 1.807) is 20.0 Å². The molecule has 0 radical (unpaired) electrons. The molecule has 2 aromatic rings. The Morgan fingerprint density at radius 2 is 1.17 bits per heavy atom. The highest BCUT2D eigenvalue weighted by Gasteiger charge is 2.40. The standard InChI is InChI=1S/C56H91N17O15S2/c1-29(2)22-37(48(80)69-39(24-44(75)76)50(82)71-41(27-89)52(84)66-36(55(87)88)16-7-9-19-58)67-45(77)30(3)64-51(83)40(26-74)70-47(79)35(15-6-8-18-57)65-53(85)43-17-11-21-73(43)54(86)42(28-90)72-49(81)38(23-31-25-63-34-14-5-4-12-32(31)34)68-46(78)33(59)13-10-20-62-56(60)61/h4-5,12,14,25,29-30,33,35-43,63,74,89-90H,6-11,13,15-24,26-28,57-59H2,1-3H3,(H,64,83)(H,65,85)(H,66,84)(H,67,77)(H,68,78)(H,69,80)(H,70,79)(H,71,82)(H,72,81)(H,75,76)(H,87,88)(H4,60,61,62)/t30-,33-,35-,36-,37-,38-,39-,40-,41-,42-,43-/m0/s1. The summed E-state index contributed by atoms with van der Waals surface area (Å²) in [5.41, 5.74) is 29.7. The van der Waals surface area contributed by atoms with Crippen molar-refractivity contribution in [2.75, 3.05) is 44.3 Å². The molecule has 0 aliphatic carbocycles. The molecule has 1 aromatic carbocycles. The molecule has 90 heavy (non-hydrogen) atoms. The molecule has 0 saturated carbocycles. The van der Waals surface area contributed by atoms with Crippen LogP contribution in [-0.2, 0) is 64.0 Å². The van der Waals surface area contributed by atoms with Gasteiger partial charge in [-0.3, -0.25) is 57.7 Å². The van der Waals surface area contributed by atoms with E-state index in [2.05, 4.69) is 83.1 Å². The second kappa shape index (κ2) is 39.4. The van der Waals surface area contributed by atoms with Gasteiger partial charge in [-0.2, -0.15) is 25.3 Å². The van der Waals surface area contributed by atoms with Gasteiger partial charge < -0.3 is 102 Å². The second-order valence-corrected chi connectivity index (χ2v) is 22.9. The summed E-state index contributed by atoms with van der Waals surface area (Å²) in [6, 6.07) is -8.09. The molecule has 1 fully saturated rings. The number of fused-ring (bicyclic) bond motifs is 1. The van der Waals surface area contributed by atoms with Crippen LogP contribution in [0.3, 0.4) is 0 Å². The van der Waals surface area contributed by atoms with Gasteiger partial charge in [-0.05, 0) is 108 Å². The van der Waals surface area contributed by atoms with Gasteiger partial charge >= 0.3 is 11.9 Å². The average molecular weight is 1310 g/mol. The molecule has 502 valence electrons. The number of H-pyrrole nitrogens is 1. The molecule has 1 aromatic heterocycles. The largest absolute Gasteiger partial charge is 0.481 e. The number of benzene rings is 1. The number of guanidine groups is 1. The number of unbranched alkanes of at least 4 members (excludes halogenated alkanes) is 2. The lowest BCUT2D eigenvalue weighted by Gasteiger charge is -2.30. The number of rotatable bonds is 41. The fourth-order valence-electron chi connectivity index (χ4n) is 9.64. The summed E-state index contributed by atoms with van der Waals surface area (Å²) in [5.74, 6) is -12.8. The zero-order chi connectivity index (χ0) is 67.2. The molecule has 1 aliphatic rings. The van der Waals surface area contributed by atoms with Crippen molar-refractivity contribution in [3.8, 4) is 0 Å². The number of aliphatic carboxylic acids is 2. The first-order valence-corrected chi connectivity index (χ1v) is 31.0. The minimum absolute atomic E-state index is 0.0165. The van der Waals surface area contributed by atoms with Gasteiger partial charge in [0.15, 0.2) is 5.96 Å². The van der Waals surface area contributed by atoms with Crippen molar-refractivity contribution in [2.24, 2.45) is 39.6 Å². The van der Waals surface area contributed by atoms with Gasteiger partial charge in [-0.25, -0.2) is 4.79 Å². The predicted molar refractivity (Wildman–Crippen MR) is 338 cm³/mol. The maximum Gasteiger partial charge on any atom is 0.326 e. The van der Waals surface area contributed by atoms with E-state index in [9.17, 15) is 72.9 Å². The van der Waals surface area contributed by atoms with Crippen LogP contribution in [0.1, 0.15) is 103 Å². The van der Waals surface area contributed by atoms with Gasteiger partial charge in [-0.15, -0.1) is 0 Å². The van der Waals surface area contributed by atoms with Crippen molar-refractivity contribution in [3.63, 3.8) is 0 Å². The van der Waals surface area contributed by atoms with Crippen LogP contribution in [-0.4, -0.2) is 213 Å². The normalized spacial score (nSPS) is 16.2. The highest BCUT2D eigenvalue weighted by molar-refractivity contribution is 7.80. The van der Waals surface area contributed by atoms with Crippen molar-refractivity contribution in [2.45, 2.75) is 171 Å². The Morgan fingerprint density at radius 3 is 1.77 bits per heavy atom. The second-order valence-electron chi connectivity index (χ2n) is 22.2. The molecule has 10 amide bonds. The fraction of sp³-hybridized carbons (Fsp3) is 0.625. The number of carbonyl (C=O) groups is 12. The summed E-state index contributed by atoms with van der Waals surface area (Å²) < 4.78 is 0. The number of nitrogens with one attached hydrogen (secondary N) is 10. The van der Waals surface area contributed by atoms with Crippen LogP contribution in [0.2, 0.25) is 0 Å². The lowest BCUT2D eigenvalue weighted by Crippen LogP contribution is -2.61. The lowest BCUT2D eigenvalue weighted by atomic mass is 10.0. The third kappa shape index (κ3) is 25.2. The number of likely N-dealkylation sites (tertiary alicyclic amines) is 1. The molecule has 1 aliphatic heterocycles. The van der Waals surface area contributed by atoms with E-state index in [0.29, 0.717) is 44.1 Å². The van der Waals surface area contributed by atoms with E-state index in [1.165, 1.54) is 11.8 Å². The molecule has 32 nitrogen and oxygen atoms in total. The van der Waals surface area contributed by atoms with Gasteiger partial charge in [-0.1, -0.05) is 32.0 Å². The molecule has 3 rings (SSSR count). The Balaban J connectivity index is 1.73. The fourth-order valence-corrected chi connectivity index (χ4v) is 10.1. The third-order valence-electron chi connectivity index (χ3n) is 14.5. The van der Waals surface area contributed by atoms with E-state index >= 15 is 0 Å². The van der Waals surface area contributed by atoms with E-state index in [1.807, 2.05) is 24.3 Å². The number of hydrogen-bond acceptors (Lipinski definition) is 19. The van der Waals surface area contributed by atoms with E-state index in [4.69, 9.17) is 28.7 Å². The summed E-state index contributed by atoms with van der Waals surface area (Å²) >= 11 is 8.46. The number of aromatic nitrogens is 1. The SMILES string of the molecule is CC(C)C[C@H](NC(=O)[C@H](C)NC(=O)[C@H](CO)NC(=O)[C@H](CCCCN)NC(=O)[C@@H]1CCCN1C(=O)[C@H](CS)NC(=O)[C@H](Cc1c[nH]c2ccccc12)NC(=O)[C@@H](N)CCCN=C(N)N)C(=O)N[C@@H](CC(=O)O)C(=O)N[C@@H](CS)C(=O)N[C@@H](CCCCN)C(=O)O. The van der Waals surface area contributed by atoms with Gasteiger partial charge in [0.25, 0.3) is 0 Å². The van der Waals surface area contributed by atoms with Crippen LogP contribution in [0.25, 0.3) is 10.9 Å². The summed E-state index contributed by atoms with van der Waals surface area (Å²) in [4.78, 5) is 170. The minimum Gasteiger partial charge on any atom is -0.481 e. The third-order valence-corrected chi connectivity index (χ3v) is 15.3. The first-order valence-electron chi connectivity index (χ1n) is 29.8. The van der Waals surface area contributed by atoms with Crippen LogP contribution in [0.4, 0.5) is 0 Å². The Morgan fingerprint density at radius 1 is 0.633 bits per heavy atom. The number of carbonyl (C=O) groups excluding carboxylic acids is 10. The smallest absolute Gasteiger partial charge is 0.326 e. The Labute approximate surface area is 532 Å². The van der Waals surface area contributed by atoms with Gasteiger partial charge in [0.1, 0.15) is 60.4 Å². The van der Waals surface area contributed by atoms with Crippen LogP contribution in [0.15, 0.2) is 35.5 Å². The number of para-hydroxylation sites is 1. The van der Waals surface area contributed by atoms with E-state index in [-0.39, 0.29) is 88.1 Å². The summed E-state index contributed by atoms with van der Waals surface area (Å²) in [6.45, 7) is 4.39. The quantitative estimate of drug-likeness (QED) is 0.0129. The summed E-state index contributed by atoms with van der Waals surface area (Å²) in [7, 11) is 0. The Hall–Kier alpha value is -7.79. The number of aliphatic hydroxyl groups excluding tert-OH is 1. The molecule has 34 heteroatoms. The van der Waals surface area contributed by atoms with Crippen LogP contribution in [0, 0.1) is 5.92 Å². The molecule has 0 unspecified atom stereocenters. The van der Waals surface area contributed by atoms with Crippen molar-refractivity contribution in [3.05, 3.63) is 36.0 Å². The molecule has 1 saturated heterocycles.